The number of fused-ring (bicyclic) bond motifs is 2. The highest BCUT2D eigenvalue weighted by Crippen LogP contribution is 2.42. The molecule has 0 aliphatic carbocycles. The summed E-state index contributed by atoms with van der Waals surface area (Å²) in [6.45, 7) is 4.54. The topological polar surface area (TPSA) is 107 Å². The number of aryl methyl sites for hydroxylation is 1. The first-order valence-corrected chi connectivity index (χ1v) is 13.1. The third kappa shape index (κ3) is 6.11. The van der Waals surface area contributed by atoms with Crippen LogP contribution in [0.15, 0.2) is 59.4 Å². The van der Waals surface area contributed by atoms with Crippen molar-refractivity contribution < 1.29 is 37.3 Å². The number of halogens is 3. The molecule has 11 heteroatoms. The van der Waals surface area contributed by atoms with Gasteiger partial charge in [0, 0.05) is 18.9 Å². The highest BCUT2D eigenvalue weighted by molar-refractivity contribution is 6.02. The van der Waals surface area contributed by atoms with E-state index in [1.54, 1.807) is 45.0 Å². The number of pyridine rings is 1. The van der Waals surface area contributed by atoms with Gasteiger partial charge in [0.2, 0.25) is 0 Å². The Morgan fingerprint density at radius 2 is 1.67 bits per heavy atom. The summed E-state index contributed by atoms with van der Waals surface area (Å²) in [5.41, 5.74) is -2.39. The second kappa shape index (κ2) is 11.5. The molecule has 0 radical (unpaired) electrons. The molecule has 0 bridgehead atoms. The number of methoxy groups -OCH3 is 1. The van der Waals surface area contributed by atoms with Gasteiger partial charge in [0.25, 0.3) is 5.56 Å². The standard InChI is InChI=1S/C31H31F3N2O6/c1-30(2,3)42-29(40)35-23(28(39)41-5)15-18-8-6-10-20-19(18)9-7-11-21(20)25-26(31(32,33)34)22-14-17(16-37)12-13-24(22)36(4)27(25)38/h6-14,23,37H,15-16H2,1-5H3,(H,35,40)/t23-/m0/s1. The Hall–Kier alpha value is -4.38. The van der Waals surface area contributed by atoms with E-state index in [2.05, 4.69) is 5.32 Å². The summed E-state index contributed by atoms with van der Waals surface area (Å²) in [4.78, 5) is 38.6. The molecular formula is C31H31F3N2O6. The van der Waals surface area contributed by atoms with Crippen molar-refractivity contribution in [1.82, 2.24) is 9.88 Å². The lowest BCUT2D eigenvalue weighted by molar-refractivity contribution is -0.143. The molecule has 1 heterocycles. The van der Waals surface area contributed by atoms with Crippen molar-refractivity contribution in [2.24, 2.45) is 7.05 Å². The smallest absolute Gasteiger partial charge is 0.417 e. The van der Waals surface area contributed by atoms with Gasteiger partial charge in [-0.15, -0.1) is 0 Å². The van der Waals surface area contributed by atoms with E-state index in [0.29, 0.717) is 16.3 Å². The van der Waals surface area contributed by atoms with Gasteiger partial charge < -0.3 is 24.5 Å². The first-order chi connectivity index (χ1) is 19.7. The Labute approximate surface area is 239 Å². The number of nitrogens with one attached hydrogen (secondary N) is 1. The number of benzene rings is 3. The minimum absolute atomic E-state index is 0.0493. The van der Waals surface area contributed by atoms with E-state index in [1.165, 1.54) is 44.5 Å². The summed E-state index contributed by atoms with van der Waals surface area (Å²) in [5.74, 6) is -0.739. The lowest BCUT2D eigenvalue weighted by Crippen LogP contribution is -2.45. The van der Waals surface area contributed by atoms with E-state index in [-0.39, 0.29) is 28.5 Å². The van der Waals surface area contributed by atoms with Crippen molar-refractivity contribution >= 4 is 33.7 Å². The summed E-state index contributed by atoms with van der Waals surface area (Å²) in [7, 11) is 2.57. The normalized spacial score (nSPS) is 12.8. The summed E-state index contributed by atoms with van der Waals surface area (Å²) in [5, 5.41) is 12.7. The predicted octanol–water partition coefficient (Wildman–Crippen LogP) is 5.48. The molecular weight excluding hydrogens is 553 g/mol. The Morgan fingerprint density at radius 3 is 2.29 bits per heavy atom. The lowest BCUT2D eigenvalue weighted by Gasteiger charge is -2.23. The third-order valence-electron chi connectivity index (χ3n) is 6.81. The van der Waals surface area contributed by atoms with Crippen LogP contribution in [0.1, 0.15) is 37.5 Å². The number of esters is 1. The van der Waals surface area contributed by atoms with Crippen molar-refractivity contribution in [3.8, 4) is 11.1 Å². The average molecular weight is 585 g/mol. The summed E-state index contributed by atoms with van der Waals surface area (Å²) in [6.07, 6.45) is -5.80. The lowest BCUT2D eigenvalue weighted by atomic mass is 9.90. The van der Waals surface area contributed by atoms with Crippen LogP contribution in [0.4, 0.5) is 18.0 Å². The van der Waals surface area contributed by atoms with Crippen LogP contribution in [0.3, 0.4) is 0 Å². The van der Waals surface area contributed by atoms with Crippen LogP contribution < -0.4 is 10.9 Å². The molecule has 1 aromatic heterocycles. The molecule has 0 saturated heterocycles. The van der Waals surface area contributed by atoms with Gasteiger partial charge in [-0.3, -0.25) is 4.79 Å². The number of alkyl carbamates (subject to hydrolysis) is 1. The molecule has 0 unspecified atom stereocenters. The van der Waals surface area contributed by atoms with Gasteiger partial charge >= 0.3 is 18.2 Å². The van der Waals surface area contributed by atoms with Gasteiger partial charge in [-0.2, -0.15) is 13.2 Å². The Morgan fingerprint density at radius 1 is 1.00 bits per heavy atom. The molecule has 0 spiro atoms. The number of hydrogen-bond acceptors (Lipinski definition) is 6. The van der Waals surface area contributed by atoms with Crippen molar-refractivity contribution in [2.45, 2.75) is 51.6 Å². The number of ether oxygens (including phenoxy) is 2. The first-order valence-electron chi connectivity index (χ1n) is 13.1. The number of nitrogens with zero attached hydrogens (tertiary/aromatic N) is 1. The number of rotatable bonds is 6. The van der Waals surface area contributed by atoms with Crippen molar-refractivity contribution in [1.29, 1.82) is 0 Å². The van der Waals surface area contributed by atoms with Gasteiger partial charge in [0.15, 0.2) is 0 Å². The minimum Gasteiger partial charge on any atom is -0.467 e. The van der Waals surface area contributed by atoms with Gasteiger partial charge in [0.05, 0.1) is 30.4 Å². The number of aromatic nitrogens is 1. The number of aliphatic hydroxyl groups excluding tert-OH is 1. The summed E-state index contributed by atoms with van der Waals surface area (Å²) < 4.78 is 55.4. The number of alkyl halides is 3. The van der Waals surface area contributed by atoms with Gasteiger partial charge in [-0.05, 0) is 60.4 Å². The van der Waals surface area contributed by atoms with Crippen LogP contribution in [0.5, 0.6) is 0 Å². The predicted molar refractivity (Wildman–Crippen MR) is 152 cm³/mol. The molecule has 0 fully saturated rings. The average Bonchev–Trinajstić information content (AvgIpc) is 2.91. The molecule has 0 saturated carbocycles. The molecule has 0 aliphatic rings. The molecule has 3 aromatic carbocycles. The first kappa shape index (κ1) is 30.6. The fourth-order valence-corrected chi connectivity index (χ4v) is 5.01. The van der Waals surface area contributed by atoms with E-state index in [4.69, 9.17) is 9.47 Å². The molecule has 1 amide bonds. The SMILES string of the molecule is COC(=O)[C@H](Cc1cccc2c(-c3c(C(F)(F)F)c4cc(CO)ccc4n(C)c3=O)cccc12)NC(=O)OC(C)(C)C. The second-order valence-electron chi connectivity index (χ2n) is 10.9. The Kier molecular flexibility index (Phi) is 8.36. The summed E-state index contributed by atoms with van der Waals surface area (Å²) >= 11 is 0. The van der Waals surface area contributed by atoms with Crippen LogP contribution in [0.2, 0.25) is 0 Å². The molecule has 1 atom stereocenters. The zero-order chi connectivity index (χ0) is 31.0. The highest BCUT2D eigenvalue weighted by atomic mass is 19.4. The van der Waals surface area contributed by atoms with Crippen molar-refractivity contribution in [3.05, 3.63) is 81.6 Å². The van der Waals surface area contributed by atoms with Gasteiger partial charge in [-0.25, -0.2) is 9.59 Å². The quantitative estimate of drug-likeness (QED) is 0.291. The zero-order valence-electron chi connectivity index (χ0n) is 23.8. The monoisotopic (exact) mass is 584 g/mol. The van der Waals surface area contributed by atoms with Crippen LogP contribution >= 0.6 is 0 Å². The molecule has 0 aliphatic heterocycles. The molecule has 4 aromatic rings. The molecule has 42 heavy (non-hydrogen) atoms. The molecule has 8 nitrogen and oxygen atoms in total. The number of amides is 1. The Balaban J connectivity index is 1.93. The largest absolute Gasteiger partial charge is 0.467 e. The van der Waals surface area contributed by atoms with Crippen molar-refractivity contribution in [3.63, 3.8) is 0 Å². The highest BCUT2D eigenvalue weighted by Gasteiger charge is 2.38. The molecule has 4 rings (SSSR count). The fourth-order valence-electron chi connectivity index (χ4n) is 5.01. The van der Waals surface area contributed by atoms with Gasteiger partial charge in [0.1, 0.15) is 11.6 Å². The van der Waals surface area contributed by atoms with E-state index in [9.17, 15) is 32.7 Å². The van der Waals surface area contributed by atoms with Crippen LogP contribution in [0.25, 0.3) is 32.8 Å². The van der Waals surface area contributed by atoms with Crippen LogP contribution in [-0.4, -0.2) is 40.5 Å². The summed E-state index contributed by atoms with van der Waals surface area (Å²) in [6, 6.07) is 12.4. The fraction of sp³-hybridized carbons (Fsp3) is 0.323. The maximum atomic E-state index is 14.7. The maximum Gasteiger partial charge on any atom is 0.417 e. The molecule has 2 N–H and O–H groups in total. The van der Waals surface area contributed by atoms with Crippen molar-refractivity contribution in [2.75, 3.05) is 7.11 Å². The molecule has 222 valence electrons. The van der Waals surface area contributed by atoms with E-state index in [0.717, 1.165) is 4.57 Å². The van der Waals surface area contributed by atoms with Crippen LogP contribution in [0, 0.1) is 0 Å². The third-order valence-corrected chi connectivity index (χ3v) is 6.81. The number of carbonyl (C=O) groups is 2. The van der Waals surface area contributed by atoms with Crippen LogP contribution in [-0.2, 0) is 40.5 Å². The van der Waals surface area contributed by atoms with E-state index in [1.807, 2.05) is 0 Å². The van der Waals surface area contributed by atoms with E-state index >= 15 is 0 Å². The van der Waals surface area contributed by atoms with Gasteiger partial charge in [-0.1, -0.05) is 42.5 Å². The second-order valence-corrected chi connectivity index (χ2v) is 10.9. The number of aliphatic hydroxyl groups is 1. The maximum absolute atomic E-state index is 14.7. The Bertz CT molecular complexity index is 1740. The zero-order valence-corrected chi connectivity index (χ0v) is 23.8. The minimum atomic E-state index is -4.90. The number of hydrogen-bond donors (Lipinski definition) is 2. The van der Waals surface area contributed by atoms with E-state index < -0.39 is 53.2 Å². The number of carbonyl (C=O) groups excluding carboxylic acids is 2.